The molecular weight excluding hydrogens is 381 g/mol. The van der Waals surface area contributed by atoms with Crippen LogP contribution in [0.3, 0.4) is 0 Å². The topological polar surface area (TPSA) is 74.6 Å². The number of fused-ring (bicyclic) bond motifs is 1. The molecule has 1 aliphatic heterocycles. The van der Waals surface area contributed by atoms with E-state index >= 15 is 0 Å². The quantitative estimate of drug-likeness (QED) is 0.808. The lowest BCUT2D eigenvalue weighted by atomic mass is 10.1. The van der Waals surface area contributed by atoms with Gasteiger partial charge in [-0.3, -0.25) is 0 Å². The Balaban J connectivity index is 0.000000218. The molecule has 1 fully saturated rings. The first kappa shape index (κ1) is 22.4. The van der Waals surface area contributed by atoms with Gasteiger partial charge in [-0.25, -0.2) is 17.7 Å². The molecule has 8 heteroatoms. The number of carbonyl (C=O) groups is 1. The molecule has 0 bridgehead atoms. The third kappa shape index (κ3) is 6.91. The Morgan fingerprint density at radius 3 is 2.86 bits per heavy atom. The molecule has 0 spiro atoms. The van der Waals surface area contributed by atoms with E-state index in [1.54, 1.807) is 18.6 Å². The fourth-order valence-electron chi connectivity index (χ4n) is 2.96. The zero-order valence-electron chi connectivity index (χ0n) is 17.0. The summed E-state index contributed by atoms with van der Waals surface area (Å²) < 4.78 is 31.0. The minimum absolute atomic E-state index is 0.111. The van der Waals surface area contributed by atoms with Crippen LogP contribution >= 0.6 is 0 Å². The van der Waals surface area contributed by atoms with Crippen molar-refractivity contribution in [3.8, 4) is 0 Å². The van der Waals surface area contributed by atoms with Crippen molar-refractivity contribution in [2.24, 2.45) is 5.92 Å². The number of piperidine rings is 1. The van der Waals surface area contributed by atoms with Crippen LogP contribution in [0.4, 0.5) is 9.18 Å². The highest BCUT2D eigenvalue weighted by atomic mass is 32.2. The number of benzene rings is 1. The summed E-state index contributed by atoms with van der Waals surface area (Å²) in [5.74, 6) is 0.230. The fraction of sp³-hybridized carbons (Fsp3) is 0.550. The van der Waals surface area contributed by atoms with Crippen LogP contribution < -0.4 is 10.6 Å². The molecule has 2 atom stereocenters. The number of hydrogen-bond acceptors (Lipinski definition) is 3. The summed E-state index contributed by atoms with van der Waals surface area (Å²) in [6.45, 7) is 8.23. The van der Waals surface area contributed by atoms with E-state index in [-0.39, 0.29) is 17.9 Å². The minimum atomic E-state index is -0.937. The SMILES string of the molecule is CC(C)CNC(=O)NC1CCCN(S(C)=O)C1.Cc1coc2ccc(F)cc12. The lowest BCUT2D eigenvalue weighted by Gasteiger charge is -2.31. The van der Waals surface area contributed by atoms with Crippen molar-refractivity contribution in [3.63, 3.8) is 0 Å². The van der Waals surface area contributed by atoms with Gasteiger partial charge in [0.15, 0.2) is 0 Å². The lowest BCUT2D eigenvalue weighted by molar-refractivity contribution is 0.226. The summed E-state index contributed by atoms with van der Waals surface area (Å²) in [6, 6.07) is 4.50. The van der Waals surface area contributed by atoms with Gasteiger partial charge in [-0.15, -0.1) is 0 Å². The monoisotopic (exact) mass is 411 g/mol. The van der Waals surface area contributed by atoms with Gasteiger partial charge in [-0.05, 0) is 49.4 Å². The molecule has 1 saturated heterocycles. The van der Waals surface area contributed by atoms with Crippen LogP contribution in [0.2, 0.25) is 0 Å². The standard InChI is InChI=1S/C11H23N3O2S.C9H7FO/c1-9(2)7-12-11(15)13-10-5-4-6-14(8-10)17(3)16;1-6-5-11-9-3-2-7(10)4-8(6)9/h9-10H,4-8H2,1-3H3,(H2,12,13,15);2-5H,1H3. The molecule has 2 heterocycles. The van der Waals surface area contributed by atoms with Crippen LogP contribution in [0.1, 0.15) is 32.3 Å². The van der Waals surface area contributed by atoms with Gasteiger partial charge in [-0.2, -0.15) is 0 Å². The van der Waals surface area contributed by atoms with E-state index in [1.165, 1.54) is 12.1 Å². The van der Waals surface area contributed by atoms with E-state index in [4.69, 9.17) is 4.42 Å². The first-order valence-corrected chi connectivity index (χ1v) is 11.0. The maximum Gasteiger partial charge on any atom is 0.315 e. The molecular formula is C20H30FN3O3S. The fourth-order valence-corrected chi connectivity index (χ4v) is 3.73. The zero-order valence-corrected chi connectivity index (χ0v) is 17.8. The van der Waals surface area contributed by atoms with Crippen LogP contribution in [0.5, 0.6) is 0 Å². The molecule has 2 amide bonds. The predicted molar refractivity (Wildman–Crippen MR) is 111 cm³/mol. The number of rotatable bonds is 4. The minimum Gasteiger partial charge on any atom is -0.464 e. The zero-order chi connectivity index (χ0) is 20.7. The Morgan fingerprint density at radius 2 is 2.18 bits per heavy atom. The molecule has 0 radical (unpaired) electrons. The molecule has 2 aromatic rings. The first-order chi connectivity index (χ1) is 13.3. The van der Waals surface area contributed by atoms with Crippen molar-refractivity contribution in [1.29, 1.82) is 0 Å². The Bertz CT molecular complexity index is 809. The summed E-state index contributed by atoms with van der Waals surface area (Å²) >= 11 is 0. The molecule has 6 nitrogen and oxygen atoms in total. The van der Waals surface area contributed by atoms with E-state index in [2.05, 4.69) is 24.5 Å². The van der Waals surface area contributed by atoms with E-state index in [0.717, 1.165) is 35.9 Å². The normalized spacial score (nSPS) is 18.4. The Kier molecular flexibility index (Phi) is 8.44. The van der Waals surface area contributed by atoms with Gasteiger partial charge in [0.25, 0.3) is 0 Å². The number of amides is 2. The predicted octanol–water partition coefficient (Wildman–Crippen LogP) is 3.58. The average molecular weight is 412 g/mol. The third-order valence-corrected chi connectivity index (χ3v) is 5.54. The van der Waals surface area contributed by atoms with Gasteiger partial charge in [-0.1, -0.05) is 13.8 Å². The van der Waals surface area contributed by atoms with E-state index in [0.29, 0.717) is 19.0 Å². The molecule has 156 valence electrons. The molecule has 2 N–H and O–H groups in total. The average Bonchev–Trinajstić information content (AvgIpc) is 3.01. The summed E-state index contributed by atoms with van der Waals surface area (Å²) in [5.41, 5.74) is 1.71. The Morgan fingerprint density at radius 1 is 1.43 bits per heavy atom. The van der Waals surface area contributed by atoms with Crippen LogP contribution in [0, 0.1) is 18.7 Å². The lowest BCUT2D eigenvalue weighted by Crippen LogP contribution is -2.51. The molecule has 2 unspecified atom stereocenters. The highest BCUT2D eigenvalue weighted by molar-refractivity contribution is 7.81. The Labute approximate surface area is 168 Å². The maximum atomic E-state index is 12.7. The second kappa shape index (κ2) is 10.6. The van der Waals surface area contributed by atoms with Gasteiger partial charge >= 0.3 is 6.03 Å². The van der Waals surface area contributed by atoms with Gasteiger partial charge < -0.3 is 15.1 Å². The molecule has 3 rings (SSSR count). The first-order valence-electron chi connectivity index (χ1n) is 9.52. The number of furan rings is 1. The van der Waals surface area contributed by atoms with Gasteiger partial charge in [0.1, 0.15) is 11.4 Å². The highest BCUT2D eigenvalue weighted by Crippen LogP contribution is 2.20. The molecule has 0 aliphatic carbocycles. The van der Waals surface area contributed by atoms with Gasteiger partial charge in [0.2, 0.25) is 0 Å². The van der Waals surface area contributed by atoms with Crippen LogP contribution in [-0.2, 0) is 11.0 Å². The number of urea groups is 1. The molecule has 28 heavy (non-hydrogen) atoms. The van der Waals surface area contributed by atoms with Crippen molar-refractivity contribution < 1.29 is 17.8 Å². The second-order valence-electron chi connectivity index (χ2n) is 7.46. The highest BCUT2D eigenvalue weighted by Gasteiger charge is 2.23. The summed E-state index contributed by atoms with van der Waals surface area (Å²) in [5, 5.41) is 6.61. The molecule has 0 saturated carbocycles. The van der Waals surface area contributed by atoms with Crippen LogP contribution in [-0.4, -0.2) is 46.5 Å². The van der Waals surface area contributed by atoms with Crippen molar-refractivity contribution >= 4 is 28.0 Å². The molecule has 1 aromatic heterocycles. The summed E-state index contributed by atoms with van der Waals surface area (Å²) in [6.07, 6.45) is 5.25. The number of nitrogens with zero attached hydrogens (tertiary/aromatic N) is 1. The number of carbonyl (C=O) groups excluding carboxylic acids is 1. The van der Waals surface area contributed by atoms with E-state index < -0.39 is 11.0 Å². The van der Waals surface area contributed by atoms with Crippen LogP contribution in [0.15, 0.2) is 28.9 Å². The Hall–Kier alpha value is -1.93. The smallest absolute Gasteiger partial charge is 0.315 e. The van der Waals surface area contributed by atoms with E-state index in [9.17, 15) is 13.4 Å². The largest absolute Gasteiger partial charge is 0.464 e. The number of halogens is 1. The van der Waals surface area contributed by atoms with Crippen molar-refractivity contribution in [3.05, 3.63) is 35.8 Å². The number of nitrogens with one attached hydrogen (secondary N) is 2. The maximum absolute atomic E-state index is 12.7. The van der Waals surface area contributed by atoms with Crippen molar-refractivity contribution in [1.82, 2.24) is 14.9 Å². The van der Waals surface area contributed by atoms with Crippen molar-refractivity contribution in [2.45, 2.75) is 39.7 Å². The van der Waals surface area contributed by atoms with Crippen molar-refractivity contribution in [2.75, 3.05) is 25.9 Å². The second-order valence-corrected chi connectivity index (χ2v) is 8.82. The van der Waals surface area contributed by atoms with Crippen LogP contribution in [0.25, 0.3) is 11.0 Å². The number of aryl methyl sites for hydroxylation is 1. The van der Waals surface area contributed by atoms with Gasteiger partial charge in [0.05, 0.1) is 17.2 Å². The molecule has 1 aliphatic rings. The molecule has 1 aromatic carbocycles. The third-order valence-electron chi connectivity index (χ3n) is 4.48. The van der Waals surface area contributed by atoms with E-state index in [1.807, 2.05) is 11.2 Å². The number of hydrogen-bond donors (Lipinski definition) is 2. The van der Waals surface area contributed by atoms with Gasteiger partial charge in [0, 0.05) is 37.3 Å². The summed E-state index contributed by atoms with van der Waals surface area (Å²) in [7, 11) is -0.937. The summed E-state index contributed by atoms with van der Waals surface area (Å²) in [4.78, 5) is 11.6.